The van der Waals surface area contributed by atoms with E-state index in [0.29, 0.717) is 0 Å². The van der Waals surface area contributed by atoms with E-state index in [1.54, 1.807) is 0 Å². The minimum atomic E-state index is 0.775. The third-order valence-corrected chi connectivity index (χ3v) is 2.78. The molecule has 1 N–H and O–H groups in total. The molecule has 0 fully saturated rings. The fourth-order valence-electron chi connectivity index (χ4n) is 1.91. The molecule has 0 amide bonds. The predicted molar refractivity (Wildman–Crippen MR) is 67.7 cm³/mol. The average molecular weight is 230 g/mol. The van der Waals surface area contributed by atoms with Crippen LogP contribution in [0.15, 0.2) is 41.1 Å². The number of hydrogen-bond donors (Lipinski definition) is 1. The molecule has 0 aliphatic carbocycles. The first-order valence-corrected chi connectivity index (χ1v) is 6.00. The first kappa shape index (κ1) is 11.9. The second kappa shape index (κ2) is 6.21. The van der Waals surface area contributed by atoms with Crippen LogP contribution in [-0.4, -0.2) is 12.0 Å². The third-order valence-electron chi connectivity index (χ3n) is 2.78. The van der Waals surface area contributed by atoms with Crippen molar-refractivity contribution < 1.29 is 4.42 Å². The number of nitrogens with one attached hydrogen (secondary N) is 1. The maximum atomic E-state index is 5.40. The van der Waals surface area contributed by atoms with Gasteiger partial charge in [-0.25, -0.2) is 4.98 Å². The fraction of sp³-hybridized carbons (Fsp3) is 0.357. The summed E-state index contributed by atoms with van der Waals surface area (Å²) >= 11 is 0. The second-order valence-corrected chi connectivity index (χ2v) is 4.09. The number of aromatic nitrogens is 1. The maximum absolute atomic E-state index is 5.40. The topological polar surface area (TPSA) is 38.1 Å². The summed E-state index contributed by atoms with van der Waals surface area (Å²) in [5, 5.41) is 3.10. The van der Waals surface area contributed by atoms with Crippen molar-refractivity contribution in [2.75, 3.05) is 7.05 Å². The van der Waals surface area contributed by atoms with Gasteiger partial charge < -0.3 is 9.73 Å². The first-order valence-electron chi connectivity index (χ1n) is 6.00. The summed E-state index contributed by atoms with van der Waals surface area (Å²) in [5.74, 6) is 1.01. The summed E-state index contributed by atoms with van der Waals surface area (Å²) in [7, 11) is 1.92. The molecule has 0 bridgehead atoms. The Labute approximate surface area is 102 Å². The monoisotopic (exact) mass is 230 g/mol. The van der Waals surface area contributed by atoms with Crippen molar-refractivity contribution in [2.45, 2.75) is 25.8 Å². The molecule has 0 saturated carbocycles. The molecule has 1 aromatic heterocycles. The van der Waals surface area contributed by atoms with Gasteiger partial charge in [0.25, 0.3) is 0 Å². The van der Waals surface area contributed by atoms with Crippen LogP contribution in [0.2, 0.25) is 0 Å². The van der Waals surface area contributed by atoms with Gasteiger partial charge in [-0.15, -0.1) is 0 Å². The Kier molecular flexibility index (Phi) is 4.33. The Morgan fingerprint density at radius 1 is 1.18 bits per heavy atom. The molecule has 1 heterocycles. The smallest absolute Gasteiger partial charge is 0.181 e. The zero-order chi connectivity index (χ0) is 11.9. The van der Waals surface area contributed by atoms with E-state index in [4.69, 9.17) is 4.42 Å². The standard InChI is InChI=1S/C14H18N2O/c1-15-10-13-14(17-11-16-13)9-5-8-12-6-3-2-4-7-12/h2-4,6-7,11,15H,5,8-10H2,1H3. The molecule has 0 aliphatic heterocycles. The average Bonchev–Trinajstić information content (AvgIpc) is 2.79. The highest BCUT2D eigenvalue weighted by atomic mass is 16.3. The SMILES string of the molecule is CNCc1ncoc1CCCc1ccccc1. The normalized spacial score (nSPS) is 10.6. The Balaban J connectivity index is 1.84. The van der Waals surface area contributed by atoms with Crippen molar-refractivity contribution >= 4 is 0 Å². The van der Waals surface area contributed by atoms with Gasteiger partial charge in [-0.05, 0) is 25.5 Å². The van der Waals surface area contributed by atoms with Gasteiger partial charge in [0.1, 0.15) is 5.76 Å². The lowest BCUT2D eigenvalue weighted by Gasteiger charge is -2.01. The maximum Gasteiger partial charge on any atom is 0.181 e. The van der Waals surface area contributed by atoms with Crippen LogP contribution in [0.3, 0.4) is 0 Å². The Morgan fingerprint density at radius 2 is 2.00 bits per heavy atom. The predicted octanol–water partition coefficient (Wildman–Crippen LogP) is 2.57. The van der Waals surface area contributed by atoms with E-state index in [2.05, 4.69) is 34.6 Å². The largest absolute Gasteiger partial charge is 0.448 e. The van der Waals surface area contributed by atoms with Crippen LogP contribution in [0.25, 0.3) is 0 Å². The molecule has 0 saturated heterocycles. The van der Waals surface area contributed by atoms with Crippen molar-refractivity contribution in [1.29, 1.82) is 0 Å². The Hall–Kier alpha value is -1.61. The summed E-state index contributed by atoms with van der Waals surface area (Å²) in [6.45, 7) is 0.775. The van der Waals surface area contributed by atoms with Gasteiger partial charge >= 0.3 is 0 Å². The molecule has 0 unspecified atom stereocenters. The summed E-state index contributed by atoms with van der Waals surface area (Å²) in [6, 6.07) is 10.5. The van der Waals surface area contributed by atoms with Crippen molar-refractivity contribution in [2.24, 2.45) is 0 Å². The molecule has 0 aliphatic rings. The number of rotatable bonds is 6. The molecule has 1 aromatic carbocycles. The molecule has 17 heavy (non-hydrogen) atoms. The molecule has 3 heteroatoms. The van der Waals surface area contributed by atoms with Crippen LogP contribution in [0.5, 0.6) is 0 Å². The van der Waals surface area contributed by atoms with Gasteiger partial charge in [0.05, 0.1) is 5.69 Å². The Morgan fingerprint density at radius 3 is 2.76 bits per heavy atom. The van der Waals surface area contributed by atoms with Crippen molar-refractivity contribution in [3.63, 3.8) is 0 Å². The lowest BCUT2D eigenvalue weighted by molar-refractivity contribution is 0.492. The molecule has 3 nitrogen and oxygen atoms in total. The minimum Gasteiger partial charge on any atom is -0.448 e. The first-order chi connectivity index (χ1) is 8.40. The third kappa shape index (κ3) is 3.43. The van der Waals surface area contributed by atoms with Gasteiger partial charge in [-0.2, -0.15) is 0 Å². The van der Waals surface area contributed by atoms with E-state index in [-0.39, 0.29) is 0 Å². The van der Waals surface area contributed by atoms with Crippen molar-refractivity contribution in [3.05, 3.63) is 53.7 Å². The van der Waals surface area contributed by atoms with Gasteiger partial charge in [-0.3, -0.25) is 0 Å². The van der Waals surface area contributed by atoms with E-state index in [9.17, 15) is 0 Å². The van der Waals surface area contributed by atoms with Crippen LogP contribution in [0.1, 0.15) is 23.4 Å². The van der Waals surface area contributed by atoms with Crippen molar-refractivity contribution in [1.82, 2.24) is 10.3 Å². The summed E-state index contributed by atoms with van der Waals surface area (Å²) in [5.41, 5.74) is 2.41. The van der Waals surface area contributed by atoms with E-state index in [1.807, 2.05) is 13.1 Å². The number of nitrogens with zero attached hydrogens (tertiary/aromatic N) is 1. The van der Waals surface area contributed by atoms with Gasteiger partial charge in [-0.1, -0.05) is 30.3 Å². The molecule has 0 atom stereocenters. The molecule has 2 rings (SSSR count). The van der Waals surface area contributed by atoms with E-state index < -0.39 is 0 Å². The highest BCUT2D eigenvalue weighted by Gasteiger charge is 2.06. The quantitative estimate of drug-likeness (QED) is 0.828. The van der Waals surface area contributed by atoms with Crippen LogP contribution >= 0.6 is 0 Å². The van der Waals surface area contributed by atoms with Crippen LogP contribution in [-0.2, 0) is 19.4 Å². The lowest BCUT2D eigenvalue weighted by Crippen LogP contribution is -2.07. The molecule has 0 radical (unpaired) electrons. The highest BCUT2D eigenvalue weighted by molar-refractivity contribution is 5.15. The summed E-state index contributed by atoms with van der Waals surface area (Å²) in [4.78, 5) is 4.20. The van der Waals surface area contributed by atoms with Gasteiger partial charge in [0, 0.05) is 13.0 Å². The van der Waals surface area contributed by atoms with Crippen LogP contribution in [0.4, 0.5) is 0 Å². The number of oxazole rings is 1. The van der Waals surface area contributed by atoms with E-state index in [1.165, 1.54) is 12.0 Å². The van der Waals surface area contributed by atoms with E-state index in [0.717, 1.165) is 37.3 Å². The fourth-order valence-corrected chi connectivity index (χ4v) is 1.91. The van der Waals surface area contributed by atoms with Gasteiger partial charge in [0.2, 0.25) is 0 Å². The highest BCUT2D eigenvalue weighted by Crippen LogP contribution is 2.11. The van der Waals surface area contributed by atoms with E-state index >= 15 is 0 Å². The lowest BCUT2D eigenvalue weighted by atomic mass is 10.1. The molecule has 0 spiro atoms. The minimum absolute atomic E-state index is 0.775. The molecule has 2 aromatic rings. The number of benzene rings is 1. The zero-order valence-electron chi connectivity index (χ0n) is 10.1. The molecular weight excluding hydrogens is 212 g/mol. The summed E-state index contributed by atoms with van der Waals surface area (Å²) < 4.78 is 5.40. The molecular formula is C14H18N2O. The van der Waals surface area contributed by atoms with Gasteiger partial charge in [0.15, 0.2) is 6.39 Å². The number of aryl methyl sites for hydroxylation is 2. The van der Waals surface area contributed by atoms with Crippen LogP contribution < -0.4 is 5.32 Å². The van der Waals surface area contributed by atoms with Crippen molar-refractivity contribution in [3.8, 4) is 0 Å². The zero-order valence-corrected chi connectivity index (χ0v) is 10.1. The van der Waals surface area contributed by atoms with Crippen LogP contribution in [0, 0.1) is 0 Å². The molecule has 90 valence electrons. The summed E-state index contributed by atoms with van der Waals surface area (Å²) in [6.07, 6.45) is 4.66. The number of hydrogen-bond acceptors (Lipinski definition) is 3. The Bertz CT molecular complexity index is 436. The second-order valence-electron chi connectivity index (χ2n) is 4.09.